The molecule has 4 N–H and O–H groups in total. The zero-order valence-electron chi connectivity index (χ0n) is 18.9. The van der Waals surface area contributed by atoms with Crippen LogP contribution < -0.4 is 31.0 Å². The van der Waals surface area contributed by atoms with Crippen LogP contribution in [0.25, 0.3) is 0 Å². The van der Waals surface area contributed by atoms with Crippen LogP contribution in [0.15, 0.2) is 54.7 Å². The first-order valence-electron chi connectivity index (χ1n) is 10.7. The first-order valence-corrected chi connectivity index (χ1v) is 11.1. The van der Waals surface area contributed by atoms with E-state index in [9.17, 15) is 13.6 Å². The maximum absolute atomic E-state index is 13.8. The van der Waals surface area contributed by atoms with Crippen molar-refractivity contribution in [2.75, 3.05) is 24.9 Å². The zero-order chi connectivity index (χ0) is 24.9. The van der Waals surface area contributed by atoms with Gasteiger partial charge in [-0.15, -0.1) is 0 Å². The minimum absolute atomic E-state index is 0.0865. The Morgan fingerprint density at radius 1 is 1.17 bits per heavy atom. The maximum atomic E-state index is 13.8. The van der Waals surface area contributed by atoms with Gasteiger partial charge < -0.3 is 20.1 Å². The summed E-state index contributed by atoms with van der Waals surface area (Å²) >= 11 is 5.25. The molecule has 0 radical (unpaired) electrons. The molecule has 2 aromatic carbocycles. The standard InChI is InChI=1S/C23H24F2N6O3S/c1-33-14-8-9-16(19(10-14)34-2)28-23(35)30-29-22(32)15-12-26-31-18(20(24)25)11-17(27-21(15)31)13-6-4-3-5-7-13/h3-10,12,17-18,20,27H,11H2,1-2H3,(H,29,32)(H2,28,30,35)/t17-,18+/m0/s1. The molecule has 0 aliphatic carbocycles. The van der Waals surface area contributed by atoms with Crippen LogP contribution in [0.1, 0.15) is 34.4 Å². The van der Waals surface area contributed by atoms with E-state index >= 15 is 0 Å². The number of alkyl halides is 2. The van der Waals surface area contributed by atoms with Crippen molar-refractivity contribution in [2.24, 2.45) is 0 Å². The van der Waals surface area contributed by atoms with Crippen LogP contribution in [-0.4, -0.2) is 41.4 Å². The third kappa shape index (κ3) is 5.27. The summed E-state index contributed by atoms with van der Waals surface area (Å²) < 4.78 is 39.3. The number of ether oxygens (including phenoxy) is 2. The van der Waals surface area contributed by atoms with Crippen LogP contribution in [-0.2, 0) is 0 Å². The number of fused-ring (bicyclic) bond motifs is 1. The van der Waals surface area contributed by atoms with E-state index in [2.05, 4.69) is 26.6 Å². The van der Waals surface area contributed by atoms with Crippen LogP contribution in [0.5, 0.6) is 11.5 Å². The van der Waals surface area contributed by atoms with Gasteiger partial charge in [-0.2, -0.15) is 5.10 Å². The lowest BCUT2D eigenvalue weighted by molar-refractivity contribution is 0.0656. The van der Waals surface area contributed by atoms with Crippen LogP contribution in [0, 0.1) is 0 Å². The number of rotatable bonds is 6. The zero-order valence-corrected chi connectivity index (χ0v) is 19.7. The molecule has 0 fully saturated rings. The number of halogens is 2. The highest BCUT2D eigenvalue weighted by atomic mass is 32.1. The Morgan fingerprint density at radius 3 is 2.63 bits per heavy atom. The summed E-state index contributed by atoms with van der Waals surface area (Å²) in [5.41, 5.74) is 6.58. The van der Waals surface area contributed by atoms with Crippen molar-refractivity contribution >= 4 is 34.7 Å². The topological polar surface area (TPSA) is 101 Å². The van der Waals surface area contributed by atoms with Gasteiger partial charge in [0, 0.05) is 6.07 Å². The summed E-state index contributed by atoms with van der Waals surface area (Å²) in [7, 11) is 3.04. The predicted octanol–water partition coefficient (Wildman–Crippen LogP) is 3.89. The second kappa shape index (κ2) is 10.6. The molecule has 1 amide bonds. The number of benzene rings is 2. The number of anilines is 2. The number of thiocarbonyl (C=S) groups is 1. The van der Waals surface area contributed by atoms with Gasteiger partial charge in [-0.25, -0.2) is 13.5 Å². The smallest absolute Gasteiger partial charge is 0.275 e. The lowest BCUT2D eigenvalue weighted by atomic mass is 9.97. The normalized spacial score (nSPS) is 16.6. The molecule has 1 aliphatic heterocycles. The Hall–Kier alpha value is -3.93. The molecule has 3 aromatic rings. The van der Waals surface area contributed by atoms with E-state index in [0.717, 1.165) is 10.2 Å². The van der Waals surface area contributed by atoms with Crippen LogP contribution >= 0.6 is 12.2 Å². The van der Waals surface area contributed by atoms with Crippen LogP contribution in [0.4, 0.5) is 20.3 Å². The fourth-order valence-electron chi connectivity index (χ4n) is 3.84. The predicted molar refractivity (Wildman–Crippen MR) is 131 cm³/mol. The Labute approximate surface area is 205 Å². The molecule has 9 nitrogen and oxygen atoms in total. The van der Waals surface area contributed by atoms with Crippen molar-refractivity contribution in [2.45, 2.75) is 24.9 Å². The van der Waals surface area contributed by atoms with Gasteiger partial charge in [0.25, 0.3) is 12.3 Å². The van der Waals surface area contributed by atoms with Gasteiger partial charge in [0.05, 0.1) is 32.1 Å². The Bertz CT molecular complexity index is 1210. The van der Waals surface area contributed by atoms with Gasteiger partial charge in [0.1, 0.15) is 28.9 Å². The van der Waals surface area contributed by atoms with E-state index in [1.807, 2.05) is 30.3 Å². The first kappa shape index (κ1) is 24.2. The highest BCUT2D eigenvalue weighted by Crippen LogP contribution is 2.39. The summed E-state index contributed by atoms with van der Waals surface area (Å²) in [6.45, 7) is 0. The van der Waals surface area contributed by atoms with Crippen molar-refractivity contribution in [3.8, 4) is 11.5 Å². The number of carbonyl (C=O) groups excluding carboxylic acids is 1. The minimum atomic E-state index is -2.65. The number of nitrogens with one attached hydrogen (secondary N) is 4. The van der Waals surface area contributed by atoms with E-state index in [-0.39, 0.29) is 22.9 Å². The molecular formula is C23H24F2N6O3S. The van der Waals surface area contributed by atoms with Gasteiger partial charge >= 0.3 is 0 Å². The monoisotopic (exact) mass is 502 g/mol. The molecule has 35 heavy (non-hydrogen) atoms. The second-order valence-electron chi connectivity index (χ2n) is 7.70. The van der Waals surface area contributed by atoms with Gasteiger partial charge in [-0.3, -0.25) is 15.6 Å². The Kier molecular flexibility index (Phi) is 7.30. The molecule has 0 spiro atoms. The highest BCUT2D eigenvalue weighted by molar-refractivity contribution is 7.80. The van der Waals surface area contributed by atoms with E-state index in [1.54, 1.807) is 25.3 Å². The van der Waals surface area contributed by atoms with Crippen molar-refractivity contribution in [1.82, 2.24) is 20.6 Å². The number of aromatic nitrogens is 2. The number of amides is 1. The first-order chi connectivity index (χ1) is 16.9. The summed E-state index contributed by atoms with van der Waals surface area (Å²) in [6, 6.07) is 12.8. The highest BCUT2D eigenvalue weighted by Gasteiger charge is 2.36. The molecule has 2 atom stereocenters. The van der Waals surface area contributed by atoms with Crippen LogP contribution in [0.3, 0.4) is 0 Å². The molecule has 0 unspecified atom stereocenters. The molecule has 4 rings (SSSR count). The molecule has 184 valence electrons. The average Bonchev–Trinajstić information content (AvgIpc) is 3.31. The van der Waals surface area contributed by atoms with Crippen molar-refractivity contribution in [3.63, 3.8) is 0 Å². The van der Waals surface area contributed by atoms with Crippen molar-refractivity contribution < 1.29 is 23.0 Å². The van der Waals surface area contributed by atoms with E-state index in [1.165, 1.54) is 13.3 Å². The van der Waals surface area contributed by atoms with Crippen LogP contribution in [0.2, 0.25) is 0 Å². The number of nitrogens with zero attached hydrogens (tertiary/aromatic N) is 2. The van der Waals surface area contributed by atoms with Crippen molar-refractivity contribution in [1.29, 1.82) is 0 Å². The molecule has 0 bridgehead atoms. The Balaban J connectivity index is 1.46. The van der Waals surface area contributed by atoms with E-state index in [4.69, 9.17) is 21.7 Å². The lowest BCUT2D eigenvalue weighted by Crippen LogP contribution is -2.44. The fourth-order valence-corrected chi connectivity index (χ4v) is 4.00. The third-order valence-electron chi connectivity index (χ3n) is 5.58. The lowest BCUT2D eigenvalue weighted by Gasteiger charge is -2.32. The quantitative estimate of drug-likeness (QED) is 0.298. The molecule has 12 heteroatoms. The largest absolute Gasteiger partial charge is 0.497 e. The second-order valence-corrected chi connectivity index (χ2v) is 8.10. The summed E-state index contributed by atoms with van der Waals surface area (Å²) in [6.07, 6.45) is -1.26. The summed E-state index contributed by atoms with van der Waals surface area (Å²) in [5, 5.41) is 10.2. The Morgan fingerprint density at radius 2 is 1.94 bits per heavy atom. The number of carbonyl (C=O) groups is 1. The van der Waals surface area contributed by atoms with Gasteiger partial charge in [0.2, 0.25) is 0 Å². The van der Waals surface area contributed by atoms with Gasteiger partial charge in [-0.1, -0.05) is 30.3 Å². The third-order valence-corrected chi connectivity index (χ3v) is 5.79. The molecule has 2 heterocycles. The SMILES string of the molecule is COc1ccc(NC(=S)NNC(=O)c2cnn3c2N[C@H](c2ccccc2)C[C@@H]3C(F)F)c(OC)c1. The summed E-state index contributed by atoms with van der Waals surface area (Å²) in [4.78, 5) is 12.9. The van der Waals surface area contributed by atoms with Gasteiger partial charge in [-0.05, 0) is 36.3 Å². The minimum Gasteiger partial charge on any atom is -0.497 e. The molecule has 1 aliphatic rings. The van der Waals surface area contributed by atoms with Crippen molar-refractivity contribution in [3.05, 3.63) is 65.9 Å². The maximum Gasteiger partial charge on any atom is 0.275 e. The number of hydrogen-bond donors (Lipinski definition) is 4. The fraction of sp³-hybridized carbons (Fsp3) is 0.261. The molecule has 0 saturated carbocycles. The number of hydrogen-bond acceptors (Lipinski definition) is 6. The van der Waals surface area contributed by atoms with Gasteiger partial charge in [0.15, 0.2) is 5.11 Å². The summed E-state index contributed by atoms with van der Waals surface area (Å²) in [5.74, 6) is 0.713. The number of methoxy groups -OCH3 is 2. The van der Waals surface area contributed by atoms with E-state index in [0.29, 0.717) is 17.2 Å². The average molecular weight is 503 g/mol. The number of hydrazine groups is 1. The molecule has 1 aromatic heterocycles. The van der Waals surface area contributed by atoms with E-state index < -0.39 is 24.4 Å². The molecular weight excluding hydrogens is 478 g/mol. The molecule has 0 saturated heterocycles.